The molecule has 0 bridgehead atoms. The summed E-state index contributed by atoms with van der Waals surface area (Å²) in [5.41, 5.74) is 4.35. The third-order valence-electron chi connectivity index (χ3n) is 4.23. The van der Waals surface area contributed by atoms with Crippen LogP contribution in [0, 0.1) is 3.57 Å². The summed E-state index contributed by atoms with van der Waals surface area (Å²) in [6.45, 7) is 4.87. The van der Waals surface area contributed by atoms with Crippen molar-refractivity contribution in [3.05, 3.63) is 76.1 Å². The minimum Gasteiger partial charge on any atom is -0.497 e. The zero-order chi connectivity index (χ0) is 22.8. The summed E-state index contributed by atoms with van der Waals surface area (Å²) in [7, 11) is 1.60. The zero-order valence-electron chi connectivity index (χ0n) is 17.5. The van der Waals surface area contributed by atoms with E-state index in [0.29, 0.717) is 18.2 Å². The number of ether oxygens (including phenoxy) is 1. The Morgan fingerprint density at radius 3 is 2.84 bits per heavy atom. The second-order valence-electron chi connectivity index (χ2n) is 6.52. The van der Waals surface area contributed by atoms with Gasteiger partial charge in [-0.25, -0.2) is 5.43 Å². The highest BCUT2D eigenvalue weighted by Crippen LogP contribution is 2.18. The number of rotatable bonds is 11. The minimum atomic E-state index is -0.235. The molecule has 3 rings (SSSR count). The Morgan fingerprint density at radius 2 is 2.09 bits per heavy atom. The molecule has 0 saturated carbocycles. The van der Waals surface area contributed by atoms with Crippen molar-refractivity contribution >= 4 is 52.2 Å². The molecule has 3 aromatic rings. The number of hydrogen-bond donors (Lipinski definition) is 2. The summed E-state index contributed by atoms with van der Waals surface area (Å²) >= 11 is 3.57. The van der Waals surface area contributed by atoms with E-state index in [1.165, 1.54) is 15.3 Å². The Kier molecular flexibility index (Phi) is 9.11. The number of thioether (sulfide) groups is 1. The number of amides is 1. The number of allylic oxidation sites excluding steroid dienone is 1. The Labute approximate surface area is 204 Å². The van der Waals surface area contributed by atoms with Gasteiger partial charge in [-0.3, -0.25) is 4.79 Å². The maximum atomic E-state index is 12.2. The maximum Gasteiger partial charge on any atom is 0.250 e. The Morgan fingerprint density at radius 1 is 1.28 bits per heavy atom. The number of aromatic nitrogens is 3. The van der Waals surface area contributed by atoms with E-state index in [1.54, 1.807) is 19.4 Å². The van der Waals surface area contributed by atoms with Crippen LogP contribution in [0.15, 0.2) is 71.4 Å². The van der Waals surface area contributed by atoms with Crippen LogP contribution in [0.2, 0.25) is 0 Å². The topological polar surface area (TPSA) is 93.4 Å². The minimum absolute atomic E-state index is 0.162. The van der Waals surface area contributed by atoms with Crippen LogP contribution in [0.3, 0.4) is 0 Å². The van der Waals surface area contributed by atoms with Gasteiger partial charge in [-0.1, -0.05) is 30.0 Å². The van der Waals surface area contributed by atoms with E-state index in [0.717, 1.165) is 22.8 Å². The van der Waals surface area contributed by atoms with Gasteiger partial charge in [-0.15, -0.1) is 16.8 Å². The van der Waals surface area contributed by atoms with Crippen molar-refractivity contribution in [1.29, 1.82) is 0 Å². The van der Waals surface area contributed by atoms with E-state index in [2.05, 4.69) is 55.2 Å². The third-order valence-corrected chi connectivity index (χ3v) is 5.91. The lowest BCUT2D eigenvalue weighted by Gasteiger charge is -2.09. The molecule has 0 aliphatic rings. The Balaban J connectivity index is 1.54. The first-order valence-electron chi connectivity index (χ1n) is 9.70. The van der Waals surface area contributed by atoms with Gasteiger partial charge >= 0.3 is 0 Å². The maximum absolute atomic E-state index is 12.2. The van der Waals surface area contributed by atoms with Crippen molar-refractivity contribution in [1.82, 2.24) is 20.2 Å². The number of nitrogens with zero attached hydrogens (tertiary/aromatic N) is 4. The Hall–Kier alpha value is -2.86. The number of anilines is 1. The predicted octanol–water partition coefficient (Wildman–Crippen LogP) is 3.93. The van der Waals surface area contributed by atoms with Crippen LogP contribution in [-0.2, 0) is 17.9 Å². The molecule has 32 heavy (non-hydrogen) atoms. The lowest BCUT2D eigenvalue weighted by Crippen LogP contribution is -2.20. The summed E-state index contributed by atoms with van der Waals surface area (Å²) in [5.74, 6) is 1.42. The number of benzene rings is 2. The molecular weight excluding hydrogens is 539 g/mol. The molecule has 0 unspecified atom stereocenters. The first-order valence-corrected chi connectivity index (χ1v) is 11.8. The number of methoxy groups -OCH3 is 1. The summed E-state index contributed by atoms with van der Waals surface area (Å²) in [6.07, 6.45) is 3.35. The fourth-order valence-corrected chi connectivity index (χ4v) is 3.80. The highest BCUT2D eigenvalue weighted by molar-refractivity contribution is 14.1. The predicted molar refractivity (Wildman–Crippen MR) is 136 cm³/mol. The van der Waals surface area contributed by atoms with Crippen molar-refractivity contribution in [2.24, 2.45) is 5.10 Å². The van der Waals surface area contributed by atoms with Crippen molar-refractivity contribution < 1.29 is 9.53 Å². The zero-order valence-corrected chi connectivity index (χ0v) is 20.5. The lowest BCUT2D eigenvalue weighted by atomic mass is 10.2. The molecule has 0 aliphatic carbocycles. The smallest absolute Gasteiger partial charge is 0.250 e. The van der Waals surface area contributed by atoms with Gasteiger partial charge < -0.3 is 14.6 Å². The van der Waals surface area contributed by atoms with Crippen LogP contribution in [0.25, 0.3) is 0 Å². The van der Waals surface area contributed by atoms with Crippen molar-refractivity contribution in [3.63, 3.8) is 0 Å². The number of nitrogens with one attached hydrogen (secondary N) is 2. The van der Waals surface area contributed by atoms with Crippen LogP contribution in [0.4, 0.5) is 5.69 Å². The van der Waals surface area contributed by atoms with Gasteiger partial charge in [0, 0.05) is 15.8 Å². The molecule has 166 valence electrons. The molecule has 0 saturated heterocycles. The van der Waals surface area contributed by atoms with E-state index in [9.17, 15) is 4.79 Å². The number of halogens is 1. The van der Waals surface area contributed by atoms with Gasteiger partial charge in [0.15, 0.2) is 11.0 Å². The van der Waals surface area contributed by atoms with Gasteiger partial charge in [0.1, 0.15) is 5.75 Å². The molecule has 1 amide bonds. The van der Waals surface area contributed by atoms with Crippen LogP contribution in [0.1, 0.15) is 11.4 Å². The molecule has 0 spiro atoms. The Bertz CT molecular complexity index is 1080. The largest absolute Gasteiger partial charge is 0.497 e. The van der Waals surface area contributed by atoms with Gasteiger partial charge in [0.05, 0.1) is 25.6 Å². The van der Waals surface area contributed by atoms with Crippen LogP contribution in [0.5, 0.6) is 5.75 Å². The molecule has 1 aromatic heterocycles. The summed E-state index contributed by atoms with van der Waals surface area (Å²) in [6, 6.07) is 15.5. The SMILES string of the molecule is C=CCn1c(CNc2ccc(I)cc2)nnc1SCC(=O)NN=Cc1cccc(OC)c1. The van der Waals surface area contributed by atoms with Crippen molar-refractivity contribution in [2.75, 3.05) is 18.2 Å². The van der Waals surface area contributed by atoms with Gasteiger partial charge in [-0.05, 0) is 64.6 Å². The molecule has 2 N–H and O–H groups in total. The first-order chi connectivity index (χ1) is 15.6. The molecule has 0 fully saturated rings. The number of carbonyl (C=O) groups is 1. The van der Waals surface area contributed by atoms with Gasteiger partial charge in [0.25, 0.3) is 5.91 Å². The molecule has 8 nitrogen and oxygen atoms in total. The molecule has 0 aliphatic heterocycles. The molecule has 10 heteroatoms. The normalized spacial score (nSPS) is 10.8. The van der Waals surface area contributed by atoms with Crippen LogP contribution in [-0.4, -0.2) is 39.7 Å². The second kappa shape index (κ2) is 12.2. The van der Waals surface area contributed by atoms with E-state index in [1.807, 2.05) is 53.1 Å². The lowest BCUT2D eigenvalue weighted by molar-refractivity contribution is -0.118. The molecule has 2 aromatic carbocycles. The molecular formula is C22H23IN6O2S. The standard InChI is InChI=1S/C22H23IN6O2S/c1-3-11-29-20(14-24-18-9-7-17(23)8-10-18)26-28-22(29)32-15-21(30)27-25-13-16-5-4-6-19(12-16)31-2/h3-10,12-13,24H,1,11,14-15H2,2H3,(H,27,30). The highest BCUT2D eigenvalue weighted by Gasteiger charge is 2.13. The molecule has 0 atom stereocenters. The van der Waals surface area contributed by atoms with Crippen molar-refractivity contribution in [2.45, 2.75) is 18.2 Å². The van der Waals surface area contributed by atoms with Gasteiger partial charge in [0.2, 0.25) is 0 Å². The summed E-state index contributed by atoms with van der Waals surface area (Å²) < 4.78 is 8.28. The number of carbonyl (C=O) groups excluding carboxylic acids is 1. The highest BCUT2D eigenvalue weighted by atomic mass is 127. The summed E-state index contributed by atoms with van der Waals surface area (Å²) in [4.78, 5) is 12.2. The van der Waals surface area contributed by atoms with Gasteiger partial charge in [-0.2, -0.15) is 5.10 Å². The second-order valence-corrected chi connectivity index (χ2v) is 8.71. The van der Waals surface area contributed by atoms with Crippen molar-refractivity contribution in [3.8, 4) is 5.75 Å². The fraction of sp³-hybridized carbons (Fsp3) is 0.182. The average molecular weight is 562 g/mol. The van der Waals surface area contributed by atoms with Crippen LogP contribution >= 0.6 is 34.4 Å². The van der Waals surface area contributed by atoms with E-state index in [4.69, 9.17) is 4.74 Å². The summed E-state index contributed by atoms with van der Waals surface area (Å²) in [5, 5.41) is 16.5. The monoisotopic (exact) mass is 562 g/mol. The average Bonchev–Trinajstić information content (AvgIpc) is 3.19. The number of hydrogen-bond acceptors (Lipinski definition) is 7. The first kappa shape index (κ1) is 23.8. The molecule has 0 radical (unpaired) electrons. The quantitative estimate of drug-likeness (QED) is 0.121. The van der Waals surface area contributed by atoms with E-state index in [-0.39, 0.29) is 11.7 Å². The van der Waals surface area contributed by atoms with E-state index >= 15 is 0 Å². The molecule has 1 heterocycles. The van der Waals surface area contributed by atoms with E-state index < -0.39 is 0 Å². The van der Waals surface area contributed by atoms with Crippen LogP contribution < -0.4 is 15.5 Å². The number of hydrazone groups is 1. The fourth-order valence-electron chi connectivity index (χ4n) is 2.68. The third kappa shape index (κ3) is 7.09.